The van der Waals surface area contributed by atoms with Gasteiger partial charge in [0, 0.05) is 21.7 Å². The first-order valence-electron chi connectivity index (χ1n) is 6.00. The predicted octanol–water partition coefficient (Wildman–Crippen LogP) is 4.56. The average molecular weight is 341 g/mol. The summed E-state index contributed by atoms with van der Waals surface area (Å²) < 4.78 is 1.05. The second kappa shape index (κ2) is 6.42. The molecule has 1 unspecified atom stereocenters. The number of nitrogens with one attached hydrogen (secondary N) is 1. The molecular weight excluding hydrogens is 326 g/mol. The van der Waals surface area contributed by atoms with Gasteiger partial charge >= 0.3 is 0 Å². The summed E-state index contributed by atoms with van der Waals surface area (Å²) in [5.74, 6) is 0. The SMILES string of the molecule is Cc1c(Br)cccc1NCC(O)c1ccc(Cl)cc1. The second-order valence-corrected chi connectivity index (χ2v) is 5.65. The molecule has 4 heteroatoms. The van der Waals surface area contributed by atoms with Crippen LogP contribution in [0.25, 0.3) is 0 Å². The molecule has 0 bridgehead atoms. The smallest absolute Gasteiger partial charge is 0.0962 e. The molecule has 2 aromatic carbocycles. The van der Waals surface area contributed by atoms with Crippen molar-refractivity contribution in [1.29, 1.82) is 0 Å². The van der Waals surface area contributed by atoms with E-state index < -0.39 is 6.10 Å². The van der Waals surface area contributed by atoms with E-state index in [0.29, 0.717) is 11.6 Å². The Morgan fingerprint density at radius 2 is 1.89 bits per heavy atom. The number of hydrogen-bond acceptors (Lipinski definition) is 2. The molecule has 1 atom stereocenters. The van der Waals surface area contributed by atoms with Crippen LogP contribution in [0.2, 0.25) is 5.02 Å². The third-order valence-corrected chi connectivity index (χ3v) is 4.12. The molecule has 0 heterocycles. The van der Waals surface area contributed by atoms with Gasteiger partial charge in [0.25, 0.3) is 0 Å². The molecule has 2 nitrogen and oxygen atoms in total. The van der Waals surface area contributed by atoms with Crippen LogP contribution in [0.4, 0.5) is 5.69 Å². The van der Waals surface area contributed by atoms with Crippen LogP contribution in [-0.2, 0) is 0 Å². The van der Waals surface area contributed by atoms with Gasteiger partial charge in [0.2, 0.25) is 0 Å². The highest BCUT2D eigenvalue weighted by molar-refractivity contribution is 9.10. The van der Waals surface area contributed by atoms with Crippen LogP contribution in [0.1, 0.15) is 17.2 Å². The van der Waals surface area contributed by atoms with E-state index in [1.54, 1.807) is 12.1 Å². The third-order valence-electron chi connectivity index (χ3n) is 3.01. The second-order valence-electron chi connectivity index (χ2n) is 4.36. The lowest BCUT2D eigenvalue weighted by molar-refractivity contribution is 0.191. The molecule has 2 rings (SSSR count). The van der Waals surface area contributed by atoms with Crippen LogP contribution < -0.4 is 5.32 Å². The molecule has 0 amide bonds. The van der Waals surface area contributed by atoms with Gasteiger partial charge in [0.15, 0.2) is 0 Å². The minimum absolute atomic E-state index is 0.457. The van der Waals surface area contributed by atoms with E-state index in [0.717, 1.165) is 21.3 Å². The maximum Gasteiger partial charge on any atom is 0.0962 e. The summed E-state index contributed by atoms with van der Waals surface area (Å²) in [5.41, 5.74) is 3.00. The van der Waals surface area contributed by atoms with Crippen molar-refractivity contribution in [2.75, 3.05) is 11.9 Å². The van der Waals surface area contributed by atoms with Gasteiger partial charge in [-0.1, -0.05) is 45.7 Å². The summed E-state index contributed by atoms with van der Waals surface area (Å²) in [4.78, 5) is 0. The zero-order valence-electron chi connectivity index (χ0n) is 10.5. The minimum atomic E-state index is -0.560. The number of anilines is 1. The van der Waals surface area contributed by atoms with Crippen molar-refractivity contribution in [3.05, 3.63) is 63.1 Å². The molecule has 19 heavy (non-hydrogen) atoms. The fourth-order valence-corrected chi connectivity index (χ4v) is 2.30. The van der Waals surface area contributed by atoms with Crippen LogP contribution in [0.3, 0.4) is 0 Å². The molecule has 0 aromatic heterocycles. The van der Waals surface area contributed by atoms with E-state index in [4.69, 9.17) is 11.6 Å². The Hall–Kier alpha value is -1.03. The molecule has 0 aliphatic rings. The fraction of sp³-hybridized carbons (Fsp3) is 0.200. The van der Waals surface area contributed by atoms with Gasteiger partial charge in [0.1, 0.15) is 0 Å². The van der Waals surface area contributed by atoms with Gasteiger partial charge in [0.05, 0.1) is 6.10 Å². The largest absolute Gasteiger partial charge is 0.387 e. The normalized spacial score (nSPS) is 12.2. The maximum atomic E-state index is 10.1. The highest BCUT2D eigenvalue weighted by Gasteiger charge is 2.08. The van der Waals surface area contributed by atoms with E-state index in [2.05, 4.69) is 21.2 Å². The number of aliphatic hydroxyl groups is 1. The first kappa shape index (κ1) is 14.4. The van der Waals surface area contributed by atoms with Crippen molar-refractivity contribution in [1.82, 2.24) is 0 Å². The van der Waals surface area contributed by atoms with Crippen molar-refractivity contribution in [2.24, 2.45) is 0 Å². The van der Waals surface area contributed by atoms with Gasteiger partial charge in [-0.15, -0.1) is 0 Å². The molecule has 0 aliphatic carbocycles. The van der Waals surface area contributed by atoms with Gasteiger partial charge < -0.3 is 10.4 Å². The molecule has 0 aliphatic heterocycles. The van der Waals surface area contributed by atoms with Crippen molar-refractivity contribution < 1.29 is 5.11 Å². The minimum Gasteiger partial charge on any atom is -0.387 e. The highest BCUT2D eigenvalue weighted by Crippen LogP contribution is 2.24. The Labute approximate surface area is 126 Å². The average Bonchev–Trinajstić information content (AvgIpc) is 2.41. The Balaban J connectivity index is 2.02. The van der Waals surface area contributed by atoms with Gasteiger partial charge in [-0.25, -0.2) is 0 Å². The zero-order chi connectivity index (χ0) is 13.8. The molecular formula is C15H15BrClNO. The summed E-state index contributed by atoms with van der Waals surface area (Å²) in [6.45, 7) is 2.49. The zero-order valence-corrected chi connectivity index (χ0v) is 12.9. The van der Waals surface area contributed by atoms with E-state index >= 15 is 0 Å². The van der Waals surface area contributed by atoms with Crippen LogP contribution in [-0.4, -0.2) is 11.7 Å². The standard InChI is InChI=1S/C15H15BrClNO/c1-10-13(16)3-2-4-14(10)18-9-15(19)11-5-7-12(17)8-6-11/h2-8,15,18-19H,9H2,1H3. The third kappa shape index (κ3) is 3.72. The summed E-state index contributed by atoms with van der Waals surface area (Å²) in [7, 11) is 0. The molecule has 0 radical (unpaired) electrons. The first-order chi connectivity index (χ1) is 9.08. The lowest BCUT2D eigenvalue weighted by Crippen LogP contribution is -2.12. The highest BCUT2D eigenvalue weighted by atomic mass is 79.9. The summed E-state index contributed by atoms with van der Waals surface area (Å²) in [6.07, 6.45) is -0.560. The summed E-state index contributed by atoms with van der Waals surface area (Å²) in [5, 5.41) is 14.0. The molecule has 0 saturated heterocycles. The predicted molar refractivity (Wildman–Crippen MR) is 83.8 cm³/mol. The Morgan fingerprint density at radius 3 is 2.58 bits per heavy atom. The van der Waals surface area contributed by atoms with E-state index in [-0.39, 0.29) is 0 Å². The van der Waals surface area contributed by atoms with Crippen LogP contribution in [0, 0.1) is 6.92 Å². The maximum absolute atomic E-state index is 10.1. The Bertz CT molecular complexity index is 557. The molecule has 0 saturated carbocycles. The van der Waals surface area contributed by atoms with Crippen LogP contribution in [0.5, 0.6) is 0 Å². The summed E-state index contributed by atoms with van der Waals surface area (Å²) in [6, 6.07) is 13.2. The van der Waals surface area contributed by atoms with Crippen molar-refractivity contribution in [2.45, 2.75) is 13.0 Å². The Kier molecular flexibility index (Phi) is 4.86. The number of benzene rings is 2. The van der Waals surface area contributed by atoms with Gasteiger partial charge in [-0.05, 0) is 42.3 Å². The quantitative estimate of drug-likeness (QED) is 0.855. The number of aliphatic hydroxyl groups excluding tert-OH is 1. The van der Waals surface area contributed by atoms with Crippen molar-refractivity contribution in [3.8, 4) is 0 Å². The number of rotatable bonds is 4. The monoisotopic (exact) mass is 339 g/mol. The first-order valence-corrected chi connectivity index (χ1v) is 7.17. The molecule has 0 fully saturated rings. The van der Waals surface area contributed by atoms with Crippen LogP contribution >= 0.6 is 27.5 Å². The molecule has 2 N–H and O–H groups in total. The Morgan fingerprint density at radius 1 is 1.21 bits per heavy atom. The molecule has 100 valence electrons. The fourth-order valence-electron chi connectivity index (χ4n) is 1.81. The van der Waals surface area contributed by atoms with E-state index in [1.165, 1.54) is 0 Å². The van der Waals surface area contributed by atoms with Gasteiger partial charge in [-0.3, -0.25) is 0 Å². The molecule has 0 spiro atoms. The van der Waals surface area contributed by atoms with Gasteiger partial charge in [-0.2, -0.15) is 0 Å². The summed E-state index contributed by atoms with van der Waals surface area (Å²) >= 11 is 9.31. The lowest BCUT2D eigenvalue weighted by atomic mass is 10.1. The van der Waals surface area contributed by atoms with E-state index in [9.17, 15) is 5.11 Å². The van der Waals surface area contributed by atoms with Crippen LogP contribution in [0.15, 0.2) is 46.9 Å². The number of hydrogen-bond donors (Lipinski definition) is 2. The van der Waals surface area contributed by atoms with E-state index in [1.807, 2.05) is 37.3 Å². The molecule has 2 aromatic rings. The lowest BCUT2D eigenvalue weighted by Gasteiger charge is -2.15. The number of halogens is 2. The topological polar surface area (TPSA) is 32.3 Å². The van der Waals surface area contributed by atoms with Crippen molar-refractivity contribution in [3.63, 3.8) is 0 Å². The van der Waals surface area contributed by atoms with Crippen molar-refractivity contribution >= 4 is 33.2 Å².